The number of benzene rings is 1. The summed E-state index contributed by atoms with van der Waals surface area (Å²) in [6.07, 6.45) is 1.79. The Balaban J connectivity index is 1.32. The highest BCUT2D eigenvalue weighted by Gasteiger charge is 2.19. The Hall–Kier alpha value is -1.66. The standard InChI is InChI=1S/C19H20ClN3OS/c20-16-4-1-3-15(11-16)18-12-21-19(24-18)14-23-8-6-22(7-9-23)13-17-5-2-10-25-17/h1-5,10-12H,6-9,13-14H2. The van der Waals surface area contributed by atoms with Gasteiger partial charge in [-0.05, 0) is 23.6 Å². The molecule has 0 bridgehead atoms. The van der Waals surface area contributed by atoms with E-state index >= 15 is 0 Å². The van der Waals surface area contributed by atoms with Gasteiger partial charge in [-0.3, -0.25) is 9.80 Å². The van der Waals surface area contributed by atoms with Crippen molar-refractivity contribution in [2.45, 2.75) is 13.1 Å². The van der Waals surface area contributed by atoms with E-state index in [0.717, 1.165) is 56.5 Å². The molecule has 6 heteroatoms. The first kappa shape index (κ1) is 16.8. The number of rotatable bonds is 5. The maximum absolute atomic E-state index is 6.05. The van der Waals surface area contributed by atoms with Crippen LogP contribution in [0.15, 0.2) is 52.4 Å². The Kier molecular flexibility index (Phi) is 5.17. The molecule has 130 valence electrons. The zero-order chi connectivity index (χ0) is 17.1. The number of halogens is 1. The van der Waals surface area contributed by atoms with Gasteiger partial charge in [0.15, 0.2) is 5.76 Å². The minimum Gasteiger partial charge on any atom is -0.439 e. The summed E-state index contributed by atoms with van der Waals surface area (Å²) in [4.78, 5) is 10.8. The highest BCUT2D eigenvalue weighted by atomic mass is 35.5. The molecule has 1 aliphatic heterocycles. The second kappa shape index (κ2) is 7.70. The van der Waals surface area contributed by atoms with Crippen LogP contribution in [-0.2, 0) is 13.1 Å². The van der Waals surface area contributed by atoms with E-state index in [9.17, 15) is 0 Å². The number of hydrogen-bond acceptors (Lipinski definition) is 5. The Morgan fingerprint density at radius 3 is 2.56 bits per heavy atom. The van der Waals surface area contributed by atoms with E-state index in [4.69, 9.17) is 16.0 Å². The maximum atomic E-state index is 6.05. The Bertz CT molecular complexity index is 810. The van der Waals surface area contributed by atoms with Gasteiger partial charge in [-0.15, -0.1) is 11.3 Å². The Labute approximate surface area is 156 Å². The zero-order valence-corrected chi connectivity index (χ0v) is 15.5. The molecule has 0 atom stereocenters. The fourth-order valence-electron chi connectivity index (χ4n) is 3.08. The third-order valence-electron chi connectivity index (χ3n) is 4.45. The molecule has 3 aromatic rings. The molecule has 4 nitrogen and oxygen atoms in total. The summed E-state index contributed by atoms with van der Waals surface area (Å²) < 4.78 is 5.92. The molecule has 4 rings (SSSR count). The first-order chi connectivity index (χ1) is 12.3. The van der Waals surface area contributed by atoms with Crippen molar-refractivity contribution in [3.05, 3.63) is 63.8 Å². The van der Waals surface area contributed by atoms with E-state index < -0.39 is 0 Å². The van der Waals surface area contributed by atoms with E-state index in [1.807, 2.05) is 35.6 Å². The molecule has 1 aliphatic rings. The van der Waals surface area contributed by atoms with Crippen LogP contribution in [0.1, 0.15) is 10.8 Å². The molecule has 1 aromatic carbocycles. The van der Waals surface area contributed by atoms with E-state index in [2.05, 4.69) is 32.3 Å². The predicted molar refractivity (Wildman–Crippen MR) is 102 cm³/mol. The smallest absolute Gasteiger partial charge is 0.209 e. The first-order valence-corrected chi connectivity index (χ1v) is 9.70. The summed E-state index contributed by atoms with van der Waals surface area (Å²) in [5, 5.41) is 2.85. The molecule has 0 amide bonds. The Morgan fingerprint density at radius 2 is 1.84 bits per heavy atom. The average molecular weight is 374 g/mol. The van der Waals surface area contributed by atoms with Crippen molar-refractivity contribution in [2.24, 2.45) is 0 Å². The third kappa shape index (κ3) is 4.30. The molecule has 2 aromatic heterocycles. The lowest BCUT2D eigenvalue weighted by Gasteiger charge is -2.33. The predicted octanol–water partition coefficient (Wildman–Crippen LogP) is 4.37. The molecular formula is C19H20ClN3OS. The van der Waals surface area contributed by atoms with Crippen molar-refractivity contribution in [3.8, 4) is 11.3 Å². The van der Waals surface area contributed by atoms with E-state index in [1.165, 1.54) is 4.88 Å². The topological polar surface area (TPSA) is 32.5 Å². The van der Waals surface area contributed by atoms with Crippen LogP contribution in [0.25, 0.3) is 11.3 Å². The highest BCUT2D eigenvalue weighted by Crippen LogP contribution is 2.24. The second-order valence-corrected chi connectivity index (χ2v) is 7.73. The van der Waals surface area contributed by atoms with Gasteiger partial charge in [-0.25, -0.2) is 4.98 Å². The molecule has 1 fully saturated rings. The van der Waals surface area contributed by atoms with Crippen LogP contribution in [0.3, 0.4) is 0 Å². The lowest BCUT2D eigenvalue weighted by Crippen LogP contribution is -2.45. The second-order valence-electron chi connectivity index (χ2n) is 6.26. The van der Waals surface area contributed by atoms with Gasteiger partial charge in [0.05, 0.1) is 12.7 Å². The largest absolute Gasteiger partial charge is 0.439 e. The quantitative estimate of drug-likeness (QED) is 0.664. The van der Waals surface area contributed by atoms with Crippen molar-refractivity contribution < 1.29 is 4.42 Å². The minimum absolute atomic E-state index is 0.706. The van der Waals surface area contributed by atoms with Crippen LogP contribution in [0.5, 0.6) is 0 Å². The van der Waals surface area contributed by atoms with Gasteiger partial charge in [0.2, 0.25) is 5.89 Å². The van der Waals surface area contributed by atoms with Gasteiger partial charge in [0, 0.05) is 48.2 Å². The number of piperazine rings is 1. The van der Waals surface area contributed by atoms with Crippen molar-refractivity contribution >= 4 is 22.9 Å². The summed E-state index contributed by atoms with van der Waals surface area (Å²) >= 11 is 7.88. The maximum Gasteiger partial charge on any atom is 0.209 e. The number of nitrogens with zero attached hydrogens (tertiary/aromatic N) is 3. The summed E-state index contributed by atoms with van der Waals surface area (Å²) in [5.41, 5.74) is 0.965. The normalized spacial score (nSPS) is 16.4. The van der Waals surface area contributed by atoms with Gasteiger partial charge in [-0.2, -0.15) is 0 Å². The van der Waals surface area contributed by atoms with E-state index in [1.54, 1.807) is 6.20 Å². The molecule has 1 saturated heterocycles. The molecule has 3 heterocycles. The van der Waals surface area contributed by atoms with Crippen molar-refractivity contribution in [1.82, 2.24) is 14.8 Å². The molecule has 0 radical (unpaired) electrons. The van der Waals surface area contributed by atoms with Crippen LogP contribution >= 0.6 is 22.9 Å². The first-order valence-electron chi connectivity index (χ1n) is 8.44. The van der Waals surface area contributed by atoms with E-state index in [-0.39, 0.29) is 0 Å². The van der Waals surface area contributed by atoms with Crippen molar-refractivity contribution in [3.63, 3.8) is 0 Å². The van der Waals surface area contributed by atoms with Gasteiger partial charge in [0.25, 0.3) is 0 Å². The number of aromatic nitrogens is 1. The molecule has 0 aliphatic carbocycles. The van der Waals surface area contributed by atoms with Crippen LogP contribution in [0, 0.1) is 0 Å². The average Bonchev–Trinajstić information content (AvgIpc) is 3.29. The molecule has 25 heavy (non-hydrogen) atoms. The lowest BCUT2D eigenvalue weighted by molar-refractivity contribution is 0.115. The van der Waals surface area contributed by atoms with Crippen molar-refractivity contribution in [2.75, 3.05) is 26.2 Å². The van der Waals surface area contributed by atoms with Crippen LogP contribution in [0.2, 0.25) is 5.02 Å². The van der Waals surface area contributed by atoms with Gasteiger partial charge in [-0.1, -0.05) is 29.8 Å². The fraction of sp³-hybridized carbons (Fsp3) is 0.316. The summed E-state index contributed by atoms with van der Waals surface area (Å²) in [6.45, 7) is 6.07. The van der Waals surface area contributed by atoms with Gasteiger partial charge in [0.1, 0.15) is 0 Å². The summed E-state index contributed by atoms with van der Waals surface area (Å²) in [6, 6.07) is 12.0. The lowest BCUT2D eigenvalue weighted by atomic mass is 10.2. The van der Waals surface area contributed by atoms with E-state index in [0.29, 0.717) is 5.02 Å². The van der Waals surface area contributed by atoms with Crippen LogP contribution in [0.4, 0.5) is 0 Å². The molecule has 0 saturated carbocycles. The highest BCUT2D eigenvalue weighted by molar-refractivity contribution is 7.09. The third-order valence-corrected chi connectivity index (χ3v) is 5.54. The summed E-state index contributed by atoms with van der Waals surface area (Å²) in [5.74, 6) is 1.54. The number of oxazole rings is 1. The molecule has 0 N–H and O–H groups in total. The number of hydrogen-bond donors (Lipinski definition) is 0. The van der Waals surface area contributed by atoms with Crippen LogP contribution in [-0.4, -0.2) is 41.0 Å². The molecule has 0 spiro atoms. The molecule has 0 unspecified atom stereocenters. The minimum atomic E-state index is 0.706. The fourth-order valence-corrected chi connectivity index (χ4v) is 4.01. The Morgan fingerprint density at radius 1 is 1.04 bits per heavy atom. The van der Waals surface area contributed by atoms with Crippen LogP contribution < -0.4 is 0 Å². The SMILES string of the molecule is Clc1cccc(-c2cnc(CN3CCN(Cc4cccs4)CC3)o2)c1. The zero-order valence-electron chi connectivity index (χ0n) is 13.9. The summed E-state index contributed by atoms with van der Waals surface area (Å²) in [7, 11) is 0. The monoisotopic (exact) mass is 373 g/mol. The van der Waals surface area contributed by atoms with Crippen molar-refractivity contribution in [1.29, 1.82) is 0 Å². The van der Waals surface area contributed by atoms with Gasteiger partial charge < -0.3 is 4.42 Å². The number of thiophene rings is 1. The van der Waals surface area contributed by atoms with Gasteiger partial charge >= 0.3 is 0 Å². The molecular weight excluding hydrogens is 354 g/mol.